The van der Waals surface area contributed by atoms with Crippen LogP contribution in [-0.4, -0.2) is 23.1 Å². The molecule has 2 N–H and O–H groups in total. The highest BCUT2D eigenvalue weighted by atomic mass is 16.5. The van der Waals surface area contributed by atoms with Crippen molar-refractivity contribution in [2.45, 2.75) is 19.1 Å². The maximum atomic E-state index is 12.9. The summed E-state index contributed by atoms with van der Waals surface area (Å²) in [5.74, 6) is 0.333. The summed E-state index contributed by atoms with van der Waals surface area (Å²) >= 11 is 0. The first-order valence-electron chi connectivity index (χ1n) is 7.77. The molecular weight excluding hydrogens is 304 g/mol. The molecule has 0 radical (unpaired) electrons. The van der Waals surface area contributed by atoms with Crippen LogP contribution in [0.3, 0.4) is 0 Å². The monoisotopic (exact) mass is 324 g/mol. The zero-order valence-electron chi connectivity index (χ0n) is 13.7. The van der Waals surface area contributed by atoms with E-state index >= 15 is 0 Å². The third-order valence-corrected chi connectivity index (χ3v) is 4.17. The van der Waals surface area contributed by atoms with Crippen LogP contribution in [0, 0.1) is 0 Å². The van der Waals surface area contributed by atoms with E-state index in [9.17, 15) is 9.90 Å². The fourth-order valence-corrected chi connectivity index (χ4v) is 2.82. The summed E-state index contributed by atoms with van der Waals surface area (Å²) in [6.07, 6.45) is 2.14. The molecule has 2 aromatic carbocycles. The number of methoxy groups -OCH3 is 1. The highest BCUT2D eigenvalue weighted by molar-refractivity contribution is 5.94. The first-order chi connectivity index (χ1) is 11.6. The average molecular weight is 324 g/mol. The number of hydrazine groups is 1. The second-order valence-corrected chi connectivity index (χ2v) is 5.66. The number of benzene rings is 2. The smallest absolute Gasteiger partial charge is 0.275 e. The maximum absolute atomic E-state index is 12.9. The van der Waals surface area contributed by atoms with Gasteiger partial charge in [-0.15, -0.1) is 0 Å². The molecule has 1 saturated heterocycles. The van der Waals surface area contributed by atoms with Crippen molar-refractivity contribution in [1.82, 2.24) is 10.4 Å². The minimum Gasteiger partial charge on any atom is -0.497 e. The number of allylic oxidation sites excluding steroid dienone is 1. The van der Waals surface area contributed by atoms with Gasteiger partial charge >= 0.3 is 0 Å². The Hall–Kier alpha value is -2.79. The van der Waals surface area contributed by atoms with Crippen molar-refractivity contribution < 1.29 is 14.6 Å². The quantitative estimate of drug-likeness (QED) is 0.911. The van der Waals surface area contributed by atoms with E-state index in [1.54, 1.807) is 55.6 Å². The number of ether oxygens (including phenoxy) is 1. The second kappa shape index (κ2) is 6.37. The number of rotatable bonds is 3. The molecule has 0 saturated carbocycles. The molecule has 5 nitrogen and oxygen atoms in total. The van der Waals surface area contributed by atoms with Crippen LogP contribution < -0.4 is 10.2 Å². The summed E-state index contributed by atoms with van der Waals surface area (Å²) in [4.78, 5) is 12.9. The van der Waals surface area contributed by atoms with Crippen molar-refractivity contribution in [3.8, 4) is 5.75 Å². The van der Waals surface area contributed by atoms with E-state index in [-0.39, 0.29) is 12.3 Å². The standard InChI is InChI=1S/C19H20N2O3/c1-3-16-13-19(23,15-10-7-11-17(12-15)24-2)21(20-16)18(22)14-8-5-4-6-9-14/h3-12,20,23H,13H2,1-2H3. The van der Waals surface area contributed by atoms with Gasteiger partial charge in [-0.25, -0.2) is 5.01 Å². The summed E-state index contributed by atoms with van der Waals surface area (Å²) in [5.41, 5.74) is 3.42. The van der Waals surface area contributed by atoms with Crippen molar-refractivity contribution >= 4 is 5.91 Å². The van der Waals surface area contributed by atoms with Crippen LogP contribution in [0.25, 0.3) is 0 Å². The van der Waals surface area contributed by atoms with Gasteiger partial charge in [0.2, 0.25) is 0 Å². The SMILES string of the molecule is CC=C1CC(O)(c2cccc(OC)c2)N(C(=O)c2ccccc2)N1. The number of hydrogen-bond donors (Lipinski definition) is 2. The summed E-state index contributed by atoms with van der Waals surface area (Å²) in [7, 11) is 1.57. The lowest BCUT2D eigenvalue weighted by Gasteiger charge is -2.32. The number of nitrogens with one attached hydrogen (secondary N) is 1. The molecule has 0 spiro atoms. The predicted molar refractivity (Wildman–Crippen MR) is 91.0 cm³/mol. The Morgan fingerprint density at radius 2 is 2.00 bits per heavy atom. The van der Waals surface area contributed by atoms with Crippen molar-refractivity contribution in [2.75, 3.05) is 7.11 Å². The summed E-state index contributed by atoms with van der Waals surface area (Å²) in [5, 5.41) is 12.6. The van der Waals surface area contributed by atoms with E-state index in [2.05, 4.69) is 5.43 Å². The molecule has 0 aliphatic carbocycles. The predicted octanol–water partition coefficient (Wildman–Crippen LogP) is 2.79. The zero-order valence-corrected chi connectivity index (χ0v) is 13.7. The Morgan fingerprint density at radius 3 is 2.67 bits per heavy atom. The molecule has 1 aliphatic heterocycles. The van der Waals surface area contributed by atoms with Gasteiger partial charge in [-0.3, -0.25) is 10.2 Å². The van der Waals surface area contributed by atoms with Gasteiger partial charge in [0.1, 0.15) is 5.75 Å². The molecule has 24 heavy (non-hydrogen) atoms. The fourth-order valence-electron chi connectivity index (χ4n) is 2.82. The largest absolute Gasteiger partial charge is 0.497 e. The van der Waals surface area contributed by atoms with Crippen molar-refractivity contribution in [1.29, 1.82) is 0 Å². The molecule has 1 fully saturated rings. The lowest BCUT2D eigenvalue weighted by molar-refractivity contribution is -0.0836. The van der Waals surface area contributed by atoms with E-state index in [1.807, 2.05) is 19.1 Å². The van der Waals surface area contributed by atoms with Crippen LogP contribution in [0.5, 0.6) is 5.75 Å². The van der Waals surface area contributed by atoms with Gasteiger partial charge in [0, 0.05) is 23.2 Å². The Balaban J connectivity index is 2.04. The summed E-state index contributed by atoms with van der Waals surface area (Å²) in [6, 6.07) is 16.0. The van der Waals surface area contributed by atoms with Crippen molar-refractivity contribution in [3.05, 3.63) is 77.5 Å². The molecule has 3 rings (SSSR count). The van der Waals surface area contributed by atoms with Gasteiger partial charge in [-0.05, 0) is 31.2 Å². The fraction of sp³-hybridized carbons (Fsp3) is 0.211. The number of carbonyl (C=O) groups excluding carboxylic acids is 1. The lowest BCUT2D eigenvalue weighted by atomic mass is 9.97. The van der Waals surface area contributed by atoms with E-state index in [4.69, 9.17) is 4.74 Å². The highest BCUT2D eigenvalue weighted by Crippen LogP contribution is 2.38. The minimum absolute atomic E-state index is 0.287. The lowest BCUT2D eigenvalue weighted by Crippen LogP contribution is -2.49. The van der Waals surface area contributed by atoms with Gasteiger partial charge in [0.05, 0.1) is 7.11 Å². The first kappa shape index (κ1) is 16.1. The molecule has 2 aromatic rings. The summed E-state index contributed by atoms with van der Waals surface area (Å²) in [6.45, 7) is 1.87. The van der Waals surface area contributed by atoms with Crippen LogP contribution in [0.15, 0.2) is 66.4 Å². The molecule has 1 unspecified atom stereocenters. The van der Waals surface area contributed by atoms with Crippen LogP contribution in [-0.2, 0) is 5.72 Å². The molecule has 1 amide bonds. The van der Waals surface area contributed by atoms with Crippen LogP contribution in [0.4, 0.5) is 0 Å². The molecule has 1 aliphatic rings. The highest BCUT2D eigenvalue weighted by Gasteiger charge is 2.46. The number of amides is 1. The Bertz CT molecular complexity index is 773. The third-order valence-electron chi connectivity index (χ3n) is 4.17. The molecule has 0 bridgehead atoms. The van der Waals surface area contributed by atoms with Gasteiger partial charge in [-0.2, -0.15) is 0 Å². The number of nitrogens with zero attached hydrogens (tertiary/aromatic N) is 1. The number of aliphatic hydroxyl groups is 1. The number of carbonyl (C=O) groups is 1. The van der Waals surface area contributed by atoms with Crippen LogP contribution in [0.1, 0.15) is 29.3 Å². The van der Waals surface area contributed by atoms with E-state index < -0.39 is 5.72 Å². The Labute approximate surface area is 141 Å². The second-order valence-electron chi connectivity index (χ2n) is 5.66. The van der Waals surface area contributed by atoms with Gasteiger partial charge in [0.15, 0.2) is 5.72 Å². The molecular formula is C19H20N2O3. The zero-order chi connectivity index (χ0) is 17.2. The molecule has 5 heteroatoms. The van der Waals surface area contributed by atoms with Crippen molar-refractivity contribution in [3.63, 3.8) is 0 Å². The summed E-state index contributed by atoms with van der Waals surface area (Å²) < 4.78 is 5.24. The Morgan fingerprint density at radius 1 is 1.25 bits per heavy atom. The van der Waals surface area contributed by atoms with Gasteiger partial charge in [-0.1, -0.05) is 36.4 Å². The van der Waals surface area contributed by atoms with Crippen molar-refractivity contribution in [2.24, 2.45) is 0 Å². The Kier molecular flexibility index (Phi) is 4.27. The van der Waals surface area contributed by atoms with Crippen LogP contribution in [0.2, 0.25) is 0 Å². The number of hydrogen-bond acceptors (Lipinski definition) is 4. The maximum Gasteiger partial charge on any atom is 0.275 e. The minimum atomic E-state index is -1.48. The molecule has 0 aromatic heterocycles. The van der Waals surface area contributed by atoms with Gasteiger partial charge < -0.3 is 9.84 Å². The normalized spacial score (nSPS) is 21.6. The topological polar surface area (TPSA) is 61.8 Å². The average Bonchev–Trinajstić information content (AvgIpc) is 3.00. The third kappa shape index (κ3) is 2.74. The molecule has 124 valence electrons. The van der Waals surface area contributed by atoms with E-state index in [0.717, 1.165) is 5.70 Å². The van der Waals surface area contributed by atoms with E-state index in [0.29, 0.717) is 16.9 Å². The van der Waals surface area contributed by atoms with Crippen LogP contribution >= 0.6 is 0 Å². The van der Waals surface area contributed by atoms with E-state index in [1.165, 1.54) is 5.01 Å². The molecule has 1 atom stereocenters. The van der Waals surface area contributed by atoms with Gasteiger partial charge in [0.25, 0.3) is 5.91 Å². The molecule has 1 heterocycles. The first-order valence-corrected chi connectivity index (χ1v) is 7.77.